The van der Waals surface area contributed by atoms with Crippen LogP contribution in [0, 0.1) is 0 Å². The molecule has 0 aromatic heterocycles. The average molecular weight is 478 g/mol. The highest BCUT2D eigenvalue weighted by Crippen LogP contribution is 2.38. The van der Waals surface area contributed by atoms with Crippen LogP contribution in [-0.4, -0.2) is 70.5 Å². The van der Waals surface area contributed by atoms with E-state index in [2.05, 4.69) is 10.0 Å². The molecule has 0 radical (unpaired) electrons. The first-order valence-electron chi connectivity index (χ1n) is 10.7. The second kappa shape index (κ2) is 10.9. The lowest BCUT2D eigenvalue weighted by molar-refractivity contribution is -0.116. The Morgan fingerprint density at radius 1 is 1.15 bits per heavy atom. The van der Waals surface area contributed by atoms with Crippen molar-refractivity contribution in [2.45, 2.75) is 25.4 Å². The zero-order chi connectivity index (χ0) is 24.0. The van der Waals surface area contributed by atoms with Gasteiger partial charge in [0.1, 0.15) is 24.2 Å². The summed E-state index contributed by atoms with van der Waals surface area (Å²) in [5, 5.41) is 13.3. The fraction of sp³-hybridized carbons (Fsp3) is 0.435. The molecule has 2 aromatic rings. The van der Waals surface area contributed by atoms with E-state index in [1.54, 1.807) is 31.4 Å². The van der Waals surface area contributed by atoms with Crippen LogP contribution in [0.25, 0.3) is 0 Å². The van der Waals surface area contributed by atoms with Crippen molar-refractivity contribution in [1.29, 1.82) is 0 Å². The van der Waals surface area contributed by atoms with Crippen molar-refractivity contribution in [3.63, 3.8) is 0 Å². The molecule has 0 spiro atoms. The van der Waals surface area contributed by atoms with Crippen molar-refractivity contribution in [2.75, 3.05) is 50.1 Å². The Kier molecular flexibility index (Phi) is 8.17. The van der Waals surface area contributed by atoms with Crippen LogP contribution in [0.1, 0.15) is 17.5 Å². The lowest BCUT2D eigenvalue weighted by Crippen LogP contribution is -2.34. The number of nitrogens with one attached hydrogen (secondary N) is 2. The van der Waals surface area contributed by atoms with Gasteiger partial charge in [0.05, 0.1) is 19.1 Å². The van der Waals surface area contributed by atoms with E-state index in [1.807, 2.05) is 24.1 Å². The number of hydrogen-bond donors (Lipinski definition) is 3. The normalized spacial score (nSPS) is 14.4. The number of anilines is 2. The molecule has 1 aliphatic rings. The number of carbonyl (C=O) groups is 1. The van der Waals surface area contributed by atoms with Gasteiger partial charge in [-0.2, -0.15) is 0 Å². The number of sulfonamides is 1. The second-order valence-electron chi connectivity index (χ2n) is 8.22. The number of aliphatic hydroxyl groups excluding tert-OH is 1. The quantitative estimate of drug-likeness (QED) is 0.452. The van der Waals surface area contributed by atoms with Gasteiger partial charge in [-0.3, -0.25) is 9.52 Å². The molecule has 1 aliphatic heterocycles. The predicted molar refractivity (Wildman–Crippen MR) is 128 cm³/mol. The summed E-state index contributed by atoms with van der Waals surface area (Å²) in [7, 11) is 0.188. The predicted octanol–water partition coefficient (Wildman–Crippen LogP) is 1.87. The van der Waals surface area contributed by atoms with E-state index in [1.165, 1.54) is 0 Å². The summed E-state index contributed by atoms with van der Waals surface area (Å²) in [6.45, 7) is 1.28. The molecule has 10 heteroatoms. The summed E-state index contributed by atoms with van der Waals surface area (Å²) in [6, 6.07) is 10.8. The van der Waals surface area contributed by atoms with Gasteiger partial charge in [-0.25, -0.2) is 8.42 Å². The number of carbonyl (C=O) groups excluding carboxylic acids is 1. The SMILES string of the molecule is COc1ccc(OCC(O)CN(C)CCc2ccc(NS(C)(=O)=O)cc2)c2c1NC(=O)CC2. The van der Waals surface area contributed by atoms with Gasteiger partial charge < -0.3 is 24.8 Å². The van der Waals surface area contributed by atoms with Gasteiger partial charge in [-0.15, -0.1) is 0 Å². The third-order valence-corrected chi connectivity index (χ3v) is 5.92. The Bertz CT molecular complexity index is 1070. The van der Waals surface area contributed by atoms with Gasteiger partial charge in [0.25, 0.3) is 0 Å². The number of aliphatic hydroxyl groups is 1. The van der Waals surface area contributed by atoms with Crippen LogP contribution in [0.4, 0.5) is 11.4 Å². The number of hydrogen-bond acceptors (Lipinski definition) is 7. The first-order chi connectivity index (χ1) is 15.6. The number of fused-ring (bicyclic) bond motifs is 1. The molecule has 0 saturated heterocycles. The average Bonchev–Trinajstić information content (AvgIpc) is 2.75. The molecule has 3 N–H and O–H groups in total. The van der Waals surface area contributed by atoms with Crippen LogP contribution in [0.2, 0.25) is 0 Å². The Labute approximate surface area is 194 Å². The van der Waals surface area contributed by atoms with Crippen LogP contribution in [0.3, 0.4) is 0 Å². The monoisotopic (exact) mass is 477 g/mol. The van der Waals surface area contributed by atoms with Gasteiger partial charge in [-0.05, 0) is 49.7 Å². The maximum Gasteiger partial charge on any atom is 0.229 e. The van der Waals surface area contributed by atoms with Crippen LogP contribution < -0.4 is 19.5 Å². The van der Waals surface area contributed by atoms with Crippen molar-refractivity contribution < 1.29 is 27.8 Å². The highest BCUT2D eigenvalue weighted by Gasteiger charge is 2.23. The van der Waals surface area contributed by atoms with Crippen molar-refractivity contribution >= 4 is 27.3 Å². The van der Waals surface area contributed by atoms with Gasteiger partial charge in [0.15, 0.2) is 0 Å². The van der Waals surface area contributed by atoms with Crippen molar-refractivity contribution in [1.82, 2.24) is 4.90 Å². The van der Waals surface area contributed by atoms with Gasteiger partial charge >= 0.3 is 0 Å². The smallest absolute Gasteiger partial charge is 0.229 e. The standard InChI is InChI=1S/C23H31N3O6S/c1-26(13-12-16-4-6-17(7-5-16)25-33(3,29)30)14-18(27)15-32-20-9-10-21(31-2)23-19(20)8-11-22(28)24-23/h4-7,9-10,18,25,27H,8,11-15H2,1-3H3,(H,24,28). The fourth-order valence-electron chi connectivity index (χ4n) is 3.70. The van der Waals surface area contributed by atoms with Crippen molar-refractivity contribution in [3.8, 4) is 11.5 Å². The van der Waals surface area contributed by atoms with Crippen LogP contribution in [0.15, 0.2) is 36.4 Å². The Morgan fingerprint density at radius 3 is 2.52 bits per heavy atom. The lowest BCUT2D eigenvalue weighted by Gasteiger charge is -2.24. The van der Waals surface area contributed by atoms with Crippen LogP contribution >= 0.6 is 0 Å². The molecule has 0 saturated carbocycles. The summed E-state index contributed by atoms with van der Waals surface area (Å²) >= 11 is 0. The zero-order valence-electron chi connectivity index (χ0n) is 19.1. The van der Waals surface area contributed by atoms with E-state index in [-0.39, 0.29) is 12.5 Å². The number of ether oxygens (including phenoxy) is 2. The molecular weight excluding hydrogens is 446 g/mol. The summed E-state index contributed by atoms with van der Waals surface area (Å²) in [5.74, 6) is 1.17. The van der Waals surface area contributed by atoms with Gasteiger partial charge in [0, 0.05) is 30.8 Å². The first-order valence-corrected chi connectivity index (χ1v) is 12.6. The summed E-state index contributed by atoms with van der Waals surface area (Å²) in [6.07, 6.45) is 2.13. The maximum absolute atomic E-state index is 11.7. The summed E-state index contributed by atoms with van der Waals surface area (Å²) in [4.78, 5) is 13.8. The lowest BCUT2D eigenvalue weighted by atomic mass is 10.0. The zero-order valence-corrected chi connectivity index (χ0v) is 19.9. The summed E-state index contributed by atoms with van der Waals surface area (Å²) in [5.41, 5.74) is 3.11. The number of likely N-dealkylation sites (N-methyl/N-ethyl adjacent to an activating group) is 1. The second-order valence-corrected chi connectivity index (χ2v) is 9.96. The topological polar surface area (TPSA) is 117 Å². The van der Waals surface area contributed by atoms with E-state index in [9.17, 15) is 18.3 Å². The molecule has 0 aliphatic carbocycles. The number of benzene rings is 2. The number of amides is 1. The molecule has 0 bridgehead atoms. The largest absolute Gasteiger partial charge is 0.495 e. The molecule has 9 nitrogen and oxygen atoms in total. The molecule has 1 atom stereocenters. The summed E-state index contributed by atoms with van der Waals surface area (Å²) < 4.78 is 36.2. The van der Waals surface area contributed by atoms with E-state index in [0.29, 0.717) is 42.3 Å². The van der Waals surface area contributed by atoms with Gasteiger partial charge in [-0.1, -0.05) is 12.1 Å². The molecule has 0 fully saturated rings. The van der Waals surface area contributed by atoms with Crippen molar-refractivity contribution in [3.05, 3.63) is 47.5 Å². The van der Waals surface area contributed by atoms with E-state index in [0.717, 1.165) is 30.3 Å². The number of nitrogens with zero attached hydrogens (tertiary/aromatic N) is 1. The molecule has 1 unspecified atom stereocenters. The minimum Gasteiger partial charge on any atom is -0.495 e. The molecule has 1 heterocycles. The minimum atomic E-state index is -3.29. The van der Waals surface area contributed by atoms with E-state index in [4.69, 9.17) is 9.47 Å². The highest BCUT2D eigenvalue weighted by atomic mass is 32.2. The van der Waals surface area contributed by atoms with E-state index < -0.39 is 16.1 Å². The molecular formula is C23H31N3O6S. The first kappa shape index (κ1) is 24.8. The minimum absolute atomic E-state index is 0.0547. The molecule has 2 aromatic carbocycles. The van der Waals surface area contributed by atoms with Crippen LogP contribution in [-0.2, 0) is 27.7 Å². The third-order valence-electron chi connectivity index (χ3n) is 5.31. The number of rotatable bonds is 11. The molecule has 33 heavy (non-hydrogen) atoms. The Balaban J connectivity index is 1.48. The molecule has 3 rings (SSSR count). The third kappa shape index (κ3) is 7.34. The number of methoxy groups -OCH3 is 1. The van der Waals surface area contributed by atoms with E-state index >= 15 is 0 Å². The van der Waals surface area contributed by atoms with Crippen LogP contribution in [0.5, 0.6) is 11.5 Å². The Hall–Kier alpha value is -2.82. The van der Waals surface area contributed by atoms with Crippen molar-refractivity contribution in [2.24, 2.45) is 0 Å². The maximum atomic E-state index is 11.7. The highest BCUT2D eigenvalue weighted by molar-refractivity contribution is 7.92. The molecule has 1 amide bonds. The fourth-order valence-corrected chi connectivity index (χ4v) is 4.27. The Morgan fingerprint density at radius 2 is 1.85 bits per heavy atom. The molecule has 180 valence electrons. The van der Waals surface area contributed by atoms with Gasteiger partial charge in [0.2, 0.25) is 15.9 Å².